The van der Waals surface area contributed by atoms with E-state index in [0.29, 0.717) is 18.0 Å². The van der Waals surface area contributed by atoms with E-state index in [9.17, 15) is 4.79 Å². The summed E-state index contributed by atoms with van der Waals surface area (Å²) in [5, 5.41) is 4.34. The van der Waals surface area contributed by atoms with Crippen LogP contribution in [0.1, 0.15) is 28.0 Å². The van der Waals surface area contributed by atoms with E-state index in [0.717, 1.165) is 29.4 Å². The number of carbonyl (C=O) groups is 1. The number of nitrogens with zero attached hydrogens (tertiary/aromatic N) is 2. The average molecular weight is 251 g/mol. The molecular weight excluding hydrogens is 234 g/mol. The largest absolute Gasteiger partial charge is 0.331 e. The molecule has 1 aromatic heterocycles. The van der Waals surface area contributed by atoms with Crippen LogP contribution in [0.5, 0.6) is 0 Å². The molecule has 92 valence electrons. The summed E-state index contributed by atoms with van der Waals surface area (Å²) in [5.74, 6) is 0.808. The van der Waals surface area contributed by atoms with E-state index in [1.165, 1.54) is 11.3 Å². The van der Waals surface area contributed by atoms with Crippen LogP contribution in [0.25, 0.3) is 0 Å². The molecule has 0 saturated carbocycles. The molecule has 0 bridgehead atoms. The van der Waals surface area contributed by atoms with Crippen LogP contribution in [-0.2, 0) is 0 Å². The molecule has 17 heavy (non-hydrogen) atoms. The number of thiazole rings is 1. The van der Waals surface area contributed by atoms with E-state index in [2.05, 4.69) is 22.1 Å². The highest BCUT2D eigenvalue weighted by atomic mass is 32.1. The average Bonchev–Trinajstić information content (AvgIpc) is 2.92. The number of fused-ring (bicyclic) bond motifs is 1. The van der Waals surface area contributed by atoms with Crippen molar-refractivity contribution in [1.82, 2.24) is 15.2 Å². The molecule has 2 saturated heterocycles. The molecule has 3 heterocycles. The van der Waals surface area contributed by atoms with E-state index in [1.807, 2.05) is 6.92 Å². The van der Waals surface area contributed by atoms with Crippen LogP contribution in [-0.4, -0.2) is 41.0 Å². The monoisotopic (exact) mass is 251 g/mol. The first kappa shape index (κ1) is 11.2. The lowest BCUT2D eigenvalue weighted by atomic mass is 10.0. The molecule has 0 spiro atoms. The number of rotatable bonds is 1. The maximum absolute atomic E-state index is 12.5. The zero-order chi connectivity index (χ0) is 12.0. The van der Waals surface area contributed by atoms with Gasteiger partial charge in [0.05, 0.1) is 11.2 Å². The van der Waals surface area contributed by atoms with E-state index >= 15 is 0 Å². The van der Waals surface area contributed by atoms with Gasteiger partial charge in [-0.2, -0.15) is 0 Å². The molecule has 1 N–H and O–H groups in total. The first-order valence-electron chi connectivity index (χ1n) is 6.12. The molecule has 1 amide bonds. The van der Waals surface area contributed by atoms with Gasteiger partial charge in [0.1, 0.15) is 4.88 Å². The van der Waals surface area contributed by atoms with Crippen LogP contribution < -0.4 is 5.32 Å². The zero-order valence-electron chi connectivity index (χ0n) is 10.1. The number of aryl methyl sites for hydroxylation is 1. The Balaban J connectivity index is 1.85. The Morgan fingerprint density at radius 3 is 3.12 bits per heavy atom. The molecule has 1 aromatic rings. The first-order valence-corrected chi connectivity index (χ1v) is 6.94. The van der Waals surface area contributed by atoms with E-state index in [-0.39, 0.29) is 5.91 Å². The fourth-order valence-electron chi connectivity index (χ4n) is 3.10. The molecule has 2 aliphatic heterocycles. The highest BCUT2D eigenvalue weighted by Gasteiger charge is 2.44. The van der Waals surface area contributed by atoms with Gasteiger partial charge >= 0.3 is 0 Å². The number of hydrogen-bond acceptors (Lipinski definition) is 4. The van der Waals surface area contributed by atoms with Crippen LogP contribution in [0.2, 0.25) is 0 Å². The lowest BCUT2D eigenvalue weighted by Crippen LogP contribution is -2.42. The van der Waals surface area contributed by atoms with Gasteiger partial charge < -0.3 is 10.2 Å². The highest BCUT2D eigenvalue weighted by molar-refractivity contribution is 7.13. The number of aromatic nitrogens is 1. The van der Waals surface area contributed by atoms with Crippen LogP contribution in [0.4, 0.5) is 0 Å². The Hall–Kier alpha value is -0.940. The third-order valence-corrected chi connectivity index (χ3v) is 4.75. The predicted octanol–water partition coefficient (Wildman–Crippen LogP) is 1.27. The van der Waals surface area contributed by atoms with Crippen molar-refractivity contribution in [3.05, 3.63) is 16.1 Å². The summed E-state index contributed by atoms with van der Waals surface area (Å²) in [7, 11) is 0. The van der Waals surface area contributed by atoms with Gasteiger partial charge in [-0.3, -0.25) is 4.79 Å². The molecule has 0 aliphatic carbocycles. The maximum Gasteiger partial charge on any atom is 0.266 e. The molecule has 2 fully saturated rings. The van der Waals surface area contributed by atoms with E-state index in [4.69, 9.17) is 0 Å². The van der Waals surface area contributed by atoms with Crippen molar-refractivity contribution in [3.8, 4) is 0 Å². The molecule has 4 nitrogen and oxygen atoms in total. The number of nitrogens with one attached hydrogen (secondary N) is 1. The second kappa shape index (κ2) is 4.07. The Labute approximate surface area is 105 Å². The number of likely N-dealkylation sites (tertiary alicyclic amines) is 1. The van der Waals surface area contributed by atoms with Crippen LogP contribution in [0.15, 0.2) is 6.20 Å². The smallest absolute Gasteiger partial charge is 0.266 e. The Bertz CT molecular complexity index is 445. The predicted molar refractivity (Wildman–Crippen MR) is 67.2 cm³/mol. The standard InChI is InChI=1S/C12H17N3OS/c1-7-3-9-4-13-5-10(9)15(7)12(16)11-6-14-8(2)17-11/h6-7,9-10,13H,3-5H2,1-2H3. The summed E-state index contributed by atoms with van der Waals surface area (Å²) in [6.07, 6.45) is 2.84. The highest BCUT2D eigenvalue weighted by Crippen LogP contribution is 2.33. The fourth-order valence-corrected chi connectivity index (χ4v) is 3.82. The quantitative estimate of drug-likeness (QED) is 0.817. The van der Waals surface area contributed by atoms with Gasteiger partial charge in [-0.15, -0.1) is 11.3 Å². The fraction of sp³-hybridized carbons (Fsp3) is 0.667. The topological polar surface area (TPSA) is 45.2 Å². The lowest BCUT2D eigenvalue weighted by Gasteiger charge is -2.26. The van der Waals surface area contributed by atoms with Crippen LogP contribution in [0, 0.1) is 12.8 Å². The third-order valence-electron chi connectivity index (χ3n) is 3.85. The van der Waals surface area contributed by atoms with Crippen molar-refractivity contribution >= 4 is 17.2 Å². The van der Waals surface area contributed by atoms with Crippen LogP contribution >= 0.6 is 11.3 Å². The van der Waals surface area contributed by atoms with Crippen molar-refractivity contribution < 1.29 is 4.79 Å². The molecule has 3 rings (SSSR count). The van der Waals surface area contributed by atoms with E-state index < -0.39 is 0 Å². The van der Waals surface area contributed by atoms with Crippen LogP contribution in [0.3, 0.4) is 0 Å². The number of carbonyl (C=O) groups excluding carboxylic acids is 1. The lowest BCUT2D eigenvalue weighted by molar-refractivity contribution is 0.0687. The molecule has 0 aromatic carbocycles. The Kier molecular flexibility index (Phi) is 2.67. The molecule has 0 radical (unpaired) electrons. The van der Waals surface area contributed by atoms with Crippen molar-refractivity contribution in [2.45, 2.75) is 32.4 Å². The summed E-state index contributed by atoms with van der Waals surface area (Å²) in [4.78, 5) is 19.5. The molecule has 5 heteroatoms. The van der Waals surface area contributed by atoms with Crippen molar-refractivity contribution in [2.24, 2.45) is 5.92 Å². The first-order chi connectivity index (χ1) is 8.16. The minimum atomic E-state index is 0.166. The molecule has 3 atom stereocenters. The summed E-state index contributed by atoms with van der Waals surface area (Å²) in [6.45, 7) is 6.10. The van der Waals surface area contributed by atoms with Gasteiger partial charge in [-0.1, -0.05) is 0 Å². The van der Waals surface area contributed by atoms with Gasteiger partial charge in [-0.25, -0.2) is 4.98 Å². The summed E-state index contributed by atoms with van der Waals surface area (Å²) in [6, 6.07) is 0.752. The van der Waals surface area contributed by atoms with E-state index in [1.54, 1.807) is 6.20 Å². The third kappa shape index (κ3) is 1.77. The number of hydrogen-bond donors (Lipinski definition) is 1. The van der Waals surface area contributed by atoms with Crippen molar-refractivity contribution in [2.75, 3.05) is 13.1 Å². The Morgan fingerprint density at radius 1 is 1.59 bits per heavy atom. The summed E-state index contributed by atoms with van der Waals surface area (Å²) in [5.41, 5.74) is 0. The molecule has 3 unspecified atom stereocenters. The summed E-state index contributed by atoms with van der Waals surface area (Å²) < 4.78 is 0. The second-order valence-electron chi connectivity index (χ2n) is 5.03. The SMILES string of the molecule is Cc1ncc(C(=O)N2C(C)CC3CNCC32)s1. The molecular formula is C12H17N3OS. The van der Waals surface area contributed by atoms with Gasteiger partial charge in [0.15, 0.2) is 0 Å². The van der Waals surface area contributed by atoms with Gasteiger partial charge in [0.2, 0.25) is 0 Å². The van der Waals surface area contributed by atoms with Gasteiger partial charge in [0.25, 0.3) is 5.91 Å². The second-order valence-corrected chi connectivity index (χ2v) is 6.26. The van der Waals surface area contributed by atoms with Gasteiger partial charge in [0, 0.05) is 25.2 Å². The van der Waals surface area contributed by atoms with Crippen molar-refractivity contribution in [1.29, 1.82) is 0 Å². The maximum atomic E-state index is 12.5. The zero-order valence-corrected chi connectivity index (χ0v) is 11.0. The number of amides is 1. The normalized spacial score (nSPS) is 31.9. The van der Waals surface area contributed by atoms with Crippen molar-refractivity contribution in [3.63, 3.8) is 0 Å². The Morgan fingerprint density at radius 2 is 2.41 bits per heavy atom. The van der Waals surface area contributed by atoms with Gasteiger partial charge in [-0.05, 0) is 26.2 Å². The summed E-state index contributed by atoms with van der Waals surface area (Å²) >= 11 is 1.50. The minimum Gasteiger partial charge on any atom is -0.331 e. The minimum absolute atomic E-state index is 0.166. The molecule has 2 aliphatic rings.